The Labute approximate surface area is 201 Å². The average Bonchev–Trinajstić information content (AvgIpc) is 2.84. The minimum Gasteiger partial charge on any atom is -0.438 e. The van der Waals surface area contributed by atoms with E-state index in [0.717, 1.165) is 33.6 Å². The fourth-order valence-electron chi connectivity index (χ4n) is 3.80. The zero-order valence-electron chi connectivity index (χ0n) is 18.8. The summed E-state index contributed by atoms with van der Waals surface area (Å²) in [6, 6.07) is 20.1. The number of aryl methyl sites for hydroxylation is 2. The van der Waals surface area contributed by atoms with E-state index >= 15 is 0 Å². The lowest BCUT2D eigenvalue weighted by Crippen LogP contribution is -2.16. The molecule has 3 aromatic carbocycles. The van der Waals surface area contributed by atoms with Crippen molar-refractivity contribution in [3.63, 3.8) is 0 Å². The lowest BCUT2D eigenvalue weighted by molar-refractivity contribution is -0.113. The van der Waals surface area contributed by atoms with E-state index < -0.39 is 5.82 Å². The van der Waals surface area contributed by atoms with E-state index in [1.54, 1.807) is 12.1 Å². The first-order chi connectivity index (χ1) is 16.5. The summed E-state index contributed by atoms with van der Waals surface area (Å²) >= 11 is 1.29. The van der Waals surface area contributed by atoms with Gasteiger partial charge < -0.3 is 10.1 Å². The first-order valence-electron chi connectivity index (χ1n) is 10.9. The number of para-hydroxylation sites is 2. The van der Waals surface area contributed by atoms with Crippen molar-refractivity contribution in [2.24, 2.45) is 0 Å². The number of nitrogens with one attached hydrogen (secondary N) is 1. The van der Waals surface area contributed by atoms with Gasteiger partial charge in [0, 0.05) is 12.0 Å². The highest BCUT2D eigenvalue weighted by atomic mass is 32.2. The highest BCUT2D eigenvalue weighted by Crippen LogP contribution is 2.41. The number of carbonyl (C=O) groups excluding carboxylic acids is 1. The molecule has 0 atom stereocenters. The van der Waals surface area contributed by atoms with Crippen LogP contribution < -0.4 is 10.1 Å². The number of fused-ring (bicyclic) bond motifs is 2. The van der Waals surface area contributed by atoms with Crippen molar-refractivity contribution < 1.29 is 13.9 Å². The molecule has 2 heterocycles. The standard InChI is InChI=1S/C27H22FN3O2S/c1-16-10-12-18(13-11-16)25-30-26-20(14-19-7-5-6-17(2)24(19)33-26)27(31-25)34-15-23(32)29-22-9-4-3-8-21(22)28/h3-13H,14-15H2,1-2H3,(H,29,32). The zero-order chi connectivity index (χ0) is 23.7. The number of benzene rings is 3. The molecule has 170 valence electrons. The summed E-state index contributed by atoms with van der Waals surface area (Å²) in [5, 5.41) is 3.30. The van der Waals surface area contributed by atoms with Crippen LogP contribution in [0.1, 0.15) is 22.3 Å². The quantitative estimate of drug-likeness (QED) is 0.240. The highest BCUT2D eigenvalue weighted by Gasteiger charge is 2.25. The lowest BCUT2D eigenvalue weighted by Gasteiger charge is -2.23. The van der Waals surface area contributed by atoms with Crippen molar-refractivity contribution in [3.05, 3.63) is 94.8 Å². The Hall–Kier alpha value is -3.71. The molecule has 0 saturated carbocycles. The molecule has 0 fully saturated rings. The average molecular weight is 472 g/mol. The maximum Gasteiger partial charge on any atom is 0.234 e. The fourth-order valence-corrected chi connectivity index (χ4v) is 4.62. The van der Waals surface area contributed by atoms with Gasteiger partial charge in [-0.1, -0.05) is 71.9 Å². The minimum absolute atomic E-state index is 0.0752. The fraction of sp³-hybridized carbons (Fsp3) is 0.148. The van der Waals surface area contributed by atoms with Crippen LogP contribution in [-0.4, -0.2) is 21.6 Å². The number of halogens is 1. The van der Waals surface area contributed by atoms with Crippen molar-refractivity contribution in [3.8, 4) is 23.0 Å². The molecule has 0 spiro atoms. The van der Waals surface area contributed by atoms with Crippen LogP contribution in [0.25, 0.3) is 11.4 Å². The maximum atomic E-state index is 13.9. The van der Waals surface area contributed by atoms with Crippen LogP contribution in [0.15, 0.2) is 71.8 Å². The topological polar surface area (TPSA) is 64.1 Å². The van der Waals surface area contributed by atoms with E-state index in [9.17, 15) is 9.18 Å². The second-order valence-electron chi connectivity index (χ2n) is 8.16. The van der Waals surface area contributed by atoms with E-state index in [2.05, 4.69) is 5.32 Å². The second-order valence-corrected chi connectivity index (χ2v) is 9.12. The molecule has 4 aromatic rings. The molecule has 0 unspecified atom stereocenters. The number of hydrogen-bond donors (Lipinski definition) is 1. The third-order valence-corrected chi connectivity index (χ3v) is 6.61. The van der Waals surface area contributed by atoms with Gasteiger partial charge in [0.15, 0.2) is 5.82 Å². The number of rotatable bonds is 5. The van der Waals surface area contributed by atoms with Gasteiger partial charge >= 0.3 is 0 Å². The maximum absolute atomic E-state index is 13.9. The van der Waals surface area contributed by atoms with Crippen molar-refractivity contribution >= 4 is 23.4 Å². The normalized spacial score (nSPS) is 11.9. The molecule has 1 aliphatic heterocycles. The molecule has 1 amide bonds. The summed E-state index contributed by atoms with van der Waals surface area (Å²) in [6.45, 7) is 4.03. The van der Waals surface area contributed by atoms with Gasteiger partial charge in [0.25, 0.3) is 0 Å². The van der Waals surface area contributed by atoms with Crippen molar-refractivity contribution in [2.75, 3.05) is 11.1 Å². The Morgan fingerprint density at radius 2 is 1.82 bits per heavy atom. The van der Waals surface area contributed by atoms with Crippen LogP contribution in [0.3, 0.4) is 0 Å². The van der Waals surface area contributed by atoms with Gasteiger partial charge in [-0.3, -0.25) is 4.79 Å². The summed E-state index contributed by atoms with van der Waals surface area (Å²) in [4.78, 5) is 22.1. The molecule has 7 heteroatoms. The highest BCUT2D eigenvalue weighted by molar-refractivity contribution is 8.00. The van der Waals surface area contributed by atoms with Gasteiger partial charge in [-0.2, -0.15) is 4.98 Å². The molecular formula is C27H22FN3O2S. The van der Waals surface area contributed by atoms with Gasteiger partial charge in [-0.05, 0) is 37.1 Å². The van der Waals surface area contributed by atoms with E-state index in [4.69, 9.17) is 14.7 Å². The van der Waals surface area contributed by atoms with Gasteiger partial charge in [0.05, 0.1) is 17.0 Å². The number of ether oxygens (including phenoxy) is 1. The number of hydrogen-bond acceptors (Lipinski definition) is 5. The van der Waals surface area contributed by atoms with Crippen molar-refractivity contribution in [1.29, 1.82) is 0 Å². The van der Waals surface area contributed by atoms with Gasteiger partial charge in [-0.15, -0.1) is 0 Å². The van der Waals surface area contributed by atoms with Crippen LogP contribution in [-0.2, 0) is 11.2 Å². The van der Waals surface area contributed by atoms with Crippen LogP contribution >= 0.6 is 11.8 Å². The summed E-state index contributed by atoms with van der Waals surface area (Å²) in [5.41, 5.74) is 5.10. The zero-order valence-corrected chi connectivity index (χ0v) is 19.6. The van der Waals surface area contributed by atoms with E-state index in [-0.39, 0.29) is 17.3 Å². The van der Waals surface area contributed by atoms with Crippen LogP contribution in [0.4, 0.5) is 10.1 Å². The molecule has 5 rings (SSSR count). The first kappa shape index (κ1) is 22.1. The Morgan fingerprint density at radius 1 is 1.03 bits per heavy atom. The number of amides is 1. The largest absolute Gasteiger partial charge is 0.438 e. The number of aromatic nitrogens is 2. The van der Waals surface area contributed by atoms with Crippen molar-refractivity contribution in [1.82, 2.24) is 9.97 Å². The predicted octanol–water partition coefficient (Wildman–Crippen LogP) is 6.33. The van der Waals surface area contributed by atoms with Crippen molar-refractivity contribution in [2.45, 2.75) is 25.3 Å². The van der Waals surface area contributed by atoms with Gasteiger partial charge in [0.2, 0.25) is 11.8 Å². The van der Waals surface area contributed by atoms with E-state index in [1.165, 1.54) is 23.9 Å². The molecule has 5 nitrogen and oxygen atoms in total. The van der Waals surface area contributed by atoms with Gasteiger partial charge in [-0.25, -0.2) is 9.37 Å². The minimum atomic E-state index is -0.470. The van der Waals surface area contributed by atoms with E-state index in [0.29, 0.717) is 23.2 Å². The predicted molar refractivity (Wildman–Crippen MR) is 132 cm³/mol. The molecule has 0 bridgehead atoms. The molecule has 1 aromatic heterocycles. The number of nitrogens with zero attached hydrogens (tertiary/aromatic N) is 2. The lowest BCUT2D eigenvalue weighted by atomic mass is 10.0. The SMILES string of the molecule is Cc1ccc(-c2nc3c(c(SCC(=O)Nc4ccccc4F)n2)Cc2cccc(C)c2O3)cc1. The number of anilines is 1. The Bertz CT molecular complexity index is 1390. The number of carbonyl (C=O) groups is 1. The van der Waals surface area contributed by atoms with Crippen LogP contribution in [0, 0.1) is 19.7 Å². The monoisotopic (exact) mass is 471 g/mol. The van der Waals surface area contributed by atoms with Crippen LogP contribution in [0.2, 0.25) is 0 Å². The third-order valence-electron chi connectivity index (χ3n) is 5.59. The molecule has 0 aliphatic carbocycles. The Kier molecular flexibility index (Phi) is 6.02. The second kappa shape index (κ2) is 9.27. The molecule has 34 heavy (non-hydrogen) atoms. The summed E-state index contributed by atoms with van der Waals surface area (Å²) < 4.78 is 20.2. The van der Waals surface area contributed by atoms with E-state index in [1.807, 2.05) is 56.3 Å². The summed E-state index contributed by atoms with van der Waals surface area (Å²) in [5.74, 6) is 1.15. The first-order valence-corrected chi connectivity index (χ1v) is 11.9. The summed E-state index contributed by atoms with van der Waals surface area (Å²) in [6.07, 6.45) is 0.609. The van der Waals surface area contributed by atoms with Crippen LogP contribution in [0.5, 0.6) is 11.6 Å². The summed E-state index contributed by atoms with van der Waals surface area (Å²) in [7, 11) is 0. The molecule has 0 saturated heterocycles. The third kappa shape index (κ3) is 4.52. The molecule has 1 N–H and O–H groups in total. The number of thioether (sulfide) groups is 1. The molecule has 1 aliphatic rings. The Morgan fingerprint density at radius 3 is 2.62 bits per heavy atom. The molecular weight excluding hydrogens is 449 g/mol. The van der Waals surface area contributed by atoms with Gasteiger partial charge in [0.1, 0.15) is 16.6 Å². The Balaban J connectivity index is 1.47. The molecule has 0 radical (unpaired) electrons. The smallest absolute Gasteiger partial charge is 0.234 e.